The molecule has 2 rings (SSSR count). The van der Waals surface area contributed by atoms with Gasteiger partial charge in [0.05, 0.1) is 20.3 Å². The Kier molecular flexibility index (Phi) is 10.6. The summed E-state index contributed by atoms with van der Waals surface area (Å²) in [5, 5.41) is 11.6. The van der Waals surface area contributed by atoms with Crippen LogP contribution in [0.1, 0.15) is 51.7 Å². The summed E-state index contributed by atoms with van der Waals surface area (Å²) in [6.07, 6.45) is 4.74. The molecule has 9 heteroatoms. The summed E-state index contributed by atoms with van der Waals surface area (Å²) < 4.78 is 11.1. The van der Waals surface area contributed by atoms with Crippen LogP contribution < -0.4 is 30.7 Å². The van der Waals surface area contributed by atoms with Crippen molar-refractivity contribution < 1.29 is 23.9 Å². The highest BCUT2D eigenvalue weighted by Crippen LogP contribution is 2.31. The molecular formula is C26H40N4O5. The van der Waals surface area contributed by atoms with Gasteiger partial charge in [-0.3, -0.25) is 14.4 Å². The van der Waals surface area contributed by atoms with Crippen molar-refractivity contribution in [2.24, 2.45) is 11.8 Å². The molecule has 0 aromatic heterocycles. The van der Waals surface area contributed by atoms with E-state index in [1.54, 1.807) is 39.6 Å². The number of hydrogen-bond donors (Lipinski definition) is 4. The first-order valence-electron chi connectivity index (χ1n) is 12.1. The normalized spacial score (nSPS) is 23.3. The lowest BCUT2D eigenvalue weighted by molar-refractivity contribution is -0.133. The van der Waals surface area contributed by atoms with Crippen molar-refractivity contribution in [1.82, 2.24) is 21.3 Å². The van der Waals surface area contributed by atoms with Gasteiger partial charge in [-0.1, -0.05) is 34.1 Å². The number of carbonyl (C=O) groups excluding carboxylic acids is 3. The Balaban J connectivity index is 2.58. The Morgan fingerprint density at radius 2 is 1.69 bits per heavy atom. The van der Waals surface area contributed by atoms with Crippen molar-refractivity contribution in [3.8, 4) is 11.5 Å². The number of hydrogen-bond acceptors (Lipinski definition) is 6. The molecular weight excluding hydrogens is 448 g/mol. The van der Waals surface area contributed by atoms with Crippen LogP contribution in [0.3, 0.4) is 0 Å². The second kappa shape index (κ2) is 13.1. The predicted octanol–water partition coefficient (Wildman–Crippen LogP) is 2.00. The van der Waals surface area contributed by atoms with Gasteiger partial charge < -0.3 is 30.7 Å². The summed E-state index contributed by atoms with van der Waals surface area (Å²) in [7, 11) is 4.82. The highest BCUT2D eigenvalue weighted by atomic mass is 16.5. The zero-order valence-electron chi connectivity index (χ0n) is 21.9. The van der Waals surface area contributed by atoms with E-state index in [1.807, 2.05) is 33.8 Å². The number of methoxy groups -OCH3 is 2. The van der Waals surface area contributed by atoms with Crippen LogP contribution in [0.5, 0.6) is 11.5 Å². The van der Waals surface area contributed by atoms with Crippen molar-refractivity contribution in [3.05, 3.63) is 29.5 Å². The zero-order chi connectivity index (χ0) is 26.1. The molecule has 9 nitrogen and oxygen atoms in total. The topological polar surface area (TPSA) is 118 Å². The molecule has 4 N–H and O–H groups in total. The summed E-state index contributed by atoms with van der Waals surface area (Å²) in [4.78, 5) is 39.6. The Labute approximate surface area is 208 Å². The lowest BCUT2D eigenvalue weighted by Crippen LogP contribution is -2.58. The van der Waals surface area contributed by atoms with Crippen molar-refractivity contribution >= 4 is 23.8 Å². The molecule has 0 saturated carbocycles. The number of fused-ring (bicyclic) bond motifs is 2. The molecule has 0 aliphatic carbocycles. The number of carbonyl (C=O) groups is 3. The van der Waals surface area contributed by atoms with E-state index in [-0.39, 0.29) is 29.6 Å². The predicted molar refractivity (Wildman–Crippen MR) is 136 cm³/mol. The Morgan fingerprint density at radius 1 is 1.00 bits per heavy atom. The molecule has 1 aliphatic rings. The number of rotatable bonds is 7. The number of benzene rings is 1. The second-order valence-corrected chi connectivity index (χ2v) is 9.36. The second-order valence-electron chi connectivity index (χ2n) is 9.36. The molecule has 1 aromatic rings. The van der Waals surface area contributed by atoms with Gasteiger partial charge in [-0.25, -0.2) is 0 Å². The first-order valence-corrected chi connectivity index (χ1v) is 12.1. The largest absolute Gasteiger partial charge is 0.496 e. The van der Waals surface area contributed by atoms with Gasteiger partial charge in [-0.05, 0) is 43.0 Å². The third-order valence-electron chi connectivity index (χ3n) is 6.34. The van der Waals surface area contributed by atoms with Crippen LogP contribution in [0.2, 0.25) is 0 Å². The maximum absolute atomic E-state index is 13.3. The highest BCUT2D eigenvalue weighted by molar-refractivity contribution is 5.93. The fraction of sp³-hybridized carbons (Fsp3) is 0.577. The quantitative estimate of drug-likeness (QED) is 0.466. The van der Waals surface area contributed by atoms with Crippen molar-refractivity contribution in [2.75, 3.05) is 21.3 Å². The number of likely N-dealkylation sites (N-methyl/N-ethyl adjacent to an activating group) is 1. The molecule has 4 atom stereocenters. The summed E-state index contributed by atoms with van der Waals surface area (Å²) in [5.74, 6) is 0.185. The van der Waals surface area contributed by atoms with Gasteiger partial charge in [0.1, 0.15) is 23.6 Å². The average molecular weight is 489 g/mol. The summed E-state index contributed by atoms with van der Waals surface area (Å²) in [6.45, 7) is 7.84. The van der Waals surface area contributed by atoms with Gasteiger partial charge in [0.15, 0.2) is 0 Å². The van der Waals surface area contributed by atoms with Gasteiger partial charge in [-0.2, -0.15) is 0 Å². The van der Waals surface area contributed by atoms with Crippen molar-refractivity contribution in [3.63, 3.8) is 0 Å². The monoisotopic (exact) mass is 488 g/mol. The van der Waals surface area contributed by atoms with E-state index in [9.17, 15) is 14.4 Å². The van der Waals surface area contributed by atoms with E-state index in [0.717, 1.165) is 11.1 Å². The fourth-order valence-electron chi connectivity index (χ4n) is 4.06. The number of nitrogens with one attached hydrogen (secondary N) is 4. The van der Waals surface area contributed by atoms with Crippen molar-refractivity contribution in [2.45, 2.75) is 65.1 Å². The van der Waals surface area contributed by atoms with Crippen LogP contribution >= 0.6 is 0 Å². The molecule has 1 aromatic carbocycles. The molecule has 0 unspecified atom stereocenters. The Morgan fingerprint density at radius 3 is 2.26 bits per heavy atom. The van der Waals surface area contributed by atoms with E-state index >= 15 is 0 Å². The molecule has 0 spiro atoms. The summed E-state index contributed by atoms with van der Waals surface area (Å²) in [6, 6.07) is 1.51. The van der Waals surface area contributed by atoms with Crippen LogP contribution in [-0.2, 0) is 20.8 Å². The zero-order valence-corrected chi connectivity index (χ0v) is 21.9. The minimum absolute atomic E-state index is 0.128. The smallest absolute Gasteiger partial charge is 0.246 e. The van der Waals surface area contributed by atoms with Gasteiger partial charge in [-0.15, -0.1) is 0 Å². The molecule has 3 amide bonds. The van der Waals surface area contributed by atoms with E-state index in [0.29, 0.717) is 30.8 Å². The SMILES string of the molecule is CC[C@H](C)[C@@H]1NC(=O)[C@@H](NC)Cc2cc(c(OC)cc2OC)/C=C\NC(=O)[C@H](CC(C)C)NC1=O. The molecule has 2 bridgehead atoms. The van der Waals surface area contributed by atoms with E-state index in [2.05, 4.69) is 21.3 Å². The minimum atomic E-state index is -0.778. The molecule has 0 fully saturated rings. The minimum Gasteiger partial charge on any atom is -0.496 e. The maximum atomic E-state index is 13.3. The highest BCUT2D eigenvalue weighted by Gasteiger charge is 2.32. The maximum Gasteiger partial charge on any atom is 0.246 e. The van der Waals surface area contributed by atoms with E-state index in [1.165, 1.54) is 0 Å². The van der Waals surface area contributed by atoms with E-state index in [4.69, 9.17) is 9.47 Å². The third-order valence-corrected chi connectivity index (χ3v) is 6.34. The number of amides is 3. The van der Waals surface area contributed by atoms with Gasteiger partial charge in [0.25, 0.3) is 0 Å². The van der Waals surface area contributed by atoms with Crippen molar-refractivity contribution in [1.29, 1.82) is 0 Å². The van der Waals surface area contributed by atoms with Gasteiger partial charge in [0, 0.05) is 24.3 Å². The van der Waals surface area contributed by atoms with Crippen LogP contribution in [-0.4, -0.2) is 57.1 Å². The fourth-order valence-corrected chi connectivity index (χ4v) is 4.06. The standard InChI is InChI=1S/C26H40N4O5/c1-8-16(4)23-26(33)29-20(11-15(2)3)24(31)28-10-9-17-12-18(13-19(27-5)25(32)30-23)22(35-7)14-21(17)34-6/h9-10,12,14-16,19-20,23,27H,8,11,13H2,1-7H3,(H,28,31)(H,29,33)(H,30,32)/b10-9-/t16-,19-,20-,23-/m0/s1. The lowest BCUT2D eigenvalue weighted by atomic mass is 9.95. The first-order chi connectivity index (χ1) is 16.6. The van der Waals surface area contributed by atoms with Gasteiger partial charge in [0.2, 0.25) is 17.7 Å². The third kappa shape index (κ3) is 7.45. The molecule has 35 heavy (non-hydrogen) atoms. The summed E-state index contributed by atoms with van der Waals surface area (Å²) in [5.41, 5.74) is 1.50. The first kappa shape index (κ1) is 28.2. The van der Waals surface area contributed by atoms with Crippen LogP contribution in [0, 0.1) is 11.8 Å². The molecule has 0 saturated heterocycles. The molecule has 0 radical (unpaired) electrons. The molecule has 194 valence electrons. The number of ether oxygens (including phenoxy) is 2. The Hall–Kier alpha value is -3.07. The Bertz CT molecular complexity index is 931. The average Bonchev–Trinajstić information content (AvgIpc) is 2.83. The van der Waals surface area contributed by atoms with Gasteiger partial charge >= 0.3 is 0 Å². The molecule has 1 heterocycles. The van der Waals surface area contributed by atoms with Crippen LogP contribution in [0.15, 0.2) is 18.3 Å². The molecule has 1 aliphatic heterocycles. The van der Waals surface area contributed by atoms with E-state index < -0.39 is 18.1 Å². The lowest BCUT2D eigenvalue weighted by Gasteiger charge is -2.28. The summed E-state index contributed by atoms with van der Waals surface area (Å²) >= 11 is 0. The van der Waals surface area contributed by atoms with Crippen LogP contribution in [0.4, 0.5) is 0 Å². The van der Waals surface area contributed by atoms with Crippen LogP contribution in [0.25, 0.3) is 6.08 Å².